The number of hydrogen-bond acceptors (Lipinski definition) is 3. The third-order valence-corrected chi connectivity index (χ3v) is 2.91. The zero-order valence-corrected chi connectivity index (χ0v) is 11.5. The van der Waals surface area contributed by atoms with Gasteiger partial charge in [-0.1, -0.05) is 11.6 Å². The highest BCUT2D eigenvalue weighted by atomic mass is 35.5. The van der Waals surface area contributed by atoms with E-state index in [1.54, 1.807) is 6.92 Å². The van der Waals surface area contributed by atoms with Gasteiger partial charge in [0.2, 0.25) is 0 Å². The molecule has 0 saturated heterocycles. The predicted molar refractivity (Wildman–Crippen MR) is 69.4 cm³/mol. The Hall–Kier alpha value is -2.02. The van der Waals surface area contributed by atoms with Crippen molar-refractivity contribution in [2.75, 3.05) is 0 Å². The Kier molecular flexibility index (Phi) is 4.22. The minimum absolute atomic E-state index is 0.253. The monoisotopic (exact) mass is 318 g/mol. The molecule has 21 heavy (non-hydrogen) atoms. The molecule has 0 bridgehead atoms. The number of carbonyl (C=O) groups is 1. The summed E-state index contributed by atoms with van der Waals surface area (Å²) < 4.78 is 41.2. The van der Waals surface area contributed by atoms with E-state index in [1.807, 2.05) is 0 Å². The van der Waals surface area contributed by atoms with Gasteiger partial charge in [0.1, 0.15) is 11.8 Å². The fourth-order valence-corrected chi connectivity index (χ4v) is 1.85. The maximum absolute atomic E-state index is 12.2. The summed E-state index contributed by atoms with van der Waals surface area (Å²) in [6.45, 7) is 1.62. The number of aromatic nitrogens is 2. The largest absolute Gasteiger partial charge is 0.573 e. The van der Waals surface area contributed by atoms with Crippen LogP contribution in [0.25, 0.3) is 0 Å². The van der Waals surface area contributed by atoms with Crippen LogP contribution in [0.3, 0.4) is 0 Å². The summed E-state index contributed by atoms with van der Waals surface area (Å²) in [6.07, 6.45) is -1.87. The summed E-state index contributed by atoms with van der Waals surface area (Å²) in [4.78, 5) is 12.2. The molecule has 0 amide bonds. The number of Topliss-reactive ketones (excluding diaryl/α,β-unsaturated/α-hetero) is 1. The number of carbonyl (C=O) groups excluding carboxylic acids is 1. The lowest BCUT2D eigenvalue weighted by molar-refractivity contribution is -0.274. The van der Waals surface area contributed by atoms with Gasteiger partial charge in [0.25, 0.3) is 0 Å². The average molecular weight is 319 g/mol. The maximum Gasteiger partial charge on any atom is 0.573 e. The van der Waals surface area contributed by atoms with Crippen molar-refractivity contribution < 1.29 is 22.7 Å². The van der Waals surface area contributed by atoms with Gasteiger partial charge in [0, 0.05) is 11.8 Å². The third-order valence-electron chi connectivity index (χ3n) is 2.72. The van der Waals surface area contributed by atoms with Gasteiger partial charge in [-0.05, 0) is 31.2 Å². The van der Waals surface area contributed by atoms with Crippen molar-refractivity contribution in [1.82, 2.24) is 9.78 Å². The predicted octanol–water partition coefficient (Wildman–Crippen LogP) is 3.88. The quantitative estimate of drug-likeness (QED) is 0.804. The number of hydrogen-bond donors (Lipinski definition) is 0. The van der Waals surface area contributed by atoms with Crippen LogP contribution in [-0.2, 0) is 0 Å². The van der Waals surface area contributed by atoms with Gasteiger partial charge in [0.15, 0.2) is 5.78 Å². The number of nitrogens with zero attached hydrogens (tertiary/aromatic N) is 2. The van der Waals surface area contributed by atoms with Gasteiger partial charge in [-0.3, -0.25) is 9.48 Å². The Bertz CT molecular complexity index is 638. The average Bonchev–Trinajstić information content (AvgIpc) is 2.83. The molecular formula is C13H10ClF3N2O2. The first-order valence-electron chi connectivity index (χ1n) is 5.86. The van der Waals surface area contributed by atoms with Crippen molar-refractivity contribution in [1.29, 1.82) is 0 Å². The number of rotatable bonds is 4. The number of ether oxygens (including phenoxy) is 1. The third kappa shape index (κ3) is 3.98. The van der Waals surface area contributed by atoms with Gasteiger partial charge < -0.3 is 4.74 Å². The lowest BCUT2D eigenvalue weighted by Gasteiger charge is -2.12. The Labute approximate surface area is 123 Å². The van der Waals surface area contributed by atoms with Crippen LogP contribution in [0.4, 0.5) is 13.2 Å². The molecule has 4 nitrogen and oxygen atoms in total. The van der Waals surface area contributed by atoms with Gasteiger partial charge in [-0.15, -0.1) is 13.2 Å². The molecule has 1 heterocycles. The molecule has 1 aromatic carbocycles. The molecule has 2 aromatic rings. The topological polar surface area (TPSA) is 44.1 Å². The van der Waals surface area contributed by atoms with Crippen molar-refractivity contribution in [3.05, 3.63) is 47.2 Å². The SMILES string of the molecule is C[C@@H](C(=O)c1ccc(OC(F)(F)F)cc1)n1cc(Cl)cn1. The van der Waals surface area contributed by atoms with Gasteiger partial charge in [-0.2, -0.15) is 5.10 Å². The van der Waals surface area contributed by atoms with Crippen LogP contribution in [0.1, 0.15) is 23.3 Å². The second-order valence-corrected chi connectivity index (χ2v) is 4.69. The van der Waals surface area contributed by atoms with E-state index in [1.165, 1.54) is 29.2 Å². The Morgan fingerprint density at radius 1 is 1.33 bits per heavy atom. The molecule has 0 spiro atoms. The van der Waals surface area contributed by atoms with Crippen LogP contribution < -0.4 is 4.74 Å². The van der Waals surface area contributed by atoms with E-state index in [-0.39, 0.29) is 17.1 Å². The Morgan fingerprint density at radius 2 is 1.95 bits per heavy atom. The Morgan fingerprint density at radius 3 is 2.43 bits per heavy atom. The standard InChI is InChI=1S/C13H10ClF3N2O2/c1-8(19-7-10(14)6-18-19)12(20)9-2-4-11(5-3-9)21-13(15,16)17/h2-8H,1H3/t8-/m0/s1. The van der Waals surface area contributed by atoms with Gasteiger partial charge >= 0.3 is 6.36 Å². The minimum atomic E-state index is -4.76. The first-order valence-corrected chi connectivity index (χ1v) is 6.24. The van der Waals surface area contributed by atoms with Crippen LogP contribution in [-0.4, -0.2) is 21.9 Å². The second kappa shape index (κ2) is 5.77. The molecule has 8 heteroatoms. The van der Waals surface area contributed by atoms with E-state index in [2.05, 4.69) is 9.84 Å². The number of halogens is 4. The summed E-state index contributed by atoms with van der Waals surface area (Å²) in [5, 5.41) is 4.31. The minimum Gasteiger partial charge on any atom is -0.406 e. The maximum atomic E-state index is 12.2. The van der Waals surface area contributed by atoms with Crippen LogP contribution in [0.15, 0.2) is 36.7 Å². The van der Waals surface area contributed by atoms with Gasteiger partial charge in [0.05, 0.1) is 11.2 Å². The van der Waals surface area contributed by atoms with Crippen molar-refractivity contribution in [3.8, 4) is 5.75 Å². The highest BCUT2D eigenvalue weighted by Crippen LogP contribution is 2.24. The summed E-state index contributed by atoms with van der Waals surface area (Å²) in [6, 6.07) is 4.09. The fraction of sp³-hybridized carbons (Fsp3) is 0.231. The summed E-state index contributed by atoms with van der Waals surface area (Å²) in [7, 11) is 0. The van der Waals surface area contributed by atoms with Crippen molar-refractivity contribution in [2.24, 2.45) is 0 Å². The molecule has 1 aromatic heterocycles. The van der Waals surface area contributed by atoms with E-state index in [9.17, 15) is 18.0 Å². The summed E-state index contributed by atoms with van der Waals surface area (Å²) in [5.74, 6) is -0.679. The molecule has 0 unspecified atom stereocenters. The van der Waals surface area contributed by atoms with E-state index >= 15 is 0 Å². The normalized spacial score (nSPS) is 13.0. The van der Waals surface area contributed by atoms with Crippen LogP contribution >= 0.6 is 11.6 Å². The molecule has 0 N–H and O–H groups in total. The van der Waals surface area contributed by atoms with Crippen molar-refractivity contribution in [3.63, 3.8) is 0 Å². The lowest BCUT2D eigenvalue weighted by Crippen LogP contribution is -2.18. The second-order valence-electron chi connectivity index (χ2n) is 4.25. The first kappa shape index (κ1) is 15.4. The van der Waals surface area contributed by atoms with E-state index in [0.717, 1.165) is 12.1 Å². The molecule has 0 radical (unpaired) electrons. The number of benzene rings is 1. The van der Waals surface area contributed by atoms with Gasteiger partial charge in [-0.25, -0.2) is 0 Å². The summed E-state index contributed by atoms with van der Waals surface area (Å²) in [5.41, 5.74) is 0.253. The van der Waals surface area contributed by atoms with Crippen molar-refractivity contribution >= 4 is 17.4 Å². The molecule has 0 aliphatic rings. The number of ketones is 1. The molecule has 0 fully saturated rings. The van der Waals surface area contributed by atoms with Crippen LogP contribution in [0.2, 0.25) is 5.02 Å². The van der Waals surface area contributed by atoms with Crippen LogP contribution in [0, 0.1) is 0 Å². The fourth-order valence-electron chi connectivity index (χ4n) is 1.71. The van der Waals surface area contributed by atoms with Crippen molar-refractivity contribution in [2.45, 2.75) is 19.3 Å². The molecule has 112 valence electrons. The molecular weight excluding hydrogens is 309 g/mol. The molecule has 0 aliphatic heterocycles. The Balaban J connectivity index is 2.13. The summed E-state index contributed by atoms with van der Waals surface area (Å²) >= 11 is 5.72. The zero-order chi connectivity index (χ0) is 15.6. The molecule has 0 saturated carbocycles. The smallest absolute Gasteiger partial charge is 0.406 e. The first-order chi connectivity index (χ1) is 9.76. The van der Waals surface area contributed by atoms with Crippen LogP contribution in [0.5, 0.6) is 5.75 Å². The molecule has 0 aliphatic carbocycles. The molecule has 1 atom stereocenters. The number of alkyl halides is 3. The highest BCUT2D eigenvalue weighted by Gasteiger charge is 2.31. The van der Waals surface area contributed by atoms with E-state index in [4.69, 9.17) is 11.6 Å². The van der Waals surface area contributed by atoms with E-state index < -0.39 is 12.4 Å². The van der Waals surface area contributed by atoms with E-state index in [0.29, 0.717) is 5.02 Å². The zero-order valence-electron chi connectivity index (χ0n) is 10.8. The highest BCUT2D eigenvalue weighted by molar-refractivity contribution is 6.30. The lowest BCUT2D eigenvalue weighted by atomic mass is 10.1. The molecule has 2 rings (SSSR count).